The smallest absolute Gasteiger partial charge is 0.303 e. The standard InChI is InChI=1S/C16H20BrNO3/c17-12-6-4-5-11(9-12)13-10-14(13)16(21)18-8-3-1-2-7-15(19)20/h4-6,9,13-14H,1-3,7-8,10H2,(H,18,21)(H,19,20). The third-order valence-electron chi connectivity index (χ3n) is 3.77. The van der Waals surface area contributed by atoms with Gasteiger partial charge in [-0.2, -0.15) is 0 Å². The number of carboxylic acids is 1. The van der Waals surface area contributed by atoms with E-state index in [9.17, 15) is 9.59 Å². The second kappa shape index (κ2) is 7.59. The fraction of sp³-hybridized carbons (Fsp3) is 0.500. The van der Waals surface area contributed by atoms with Crippen molar-refractivity contribution in [2.45, 2.75) is 38.0 Å². The van der Waals surface area contributed by atoms with E-state index in [1.165, 1.54) is 5.56 Å². The molecule has 114 valence electrons. The van der Waals surface area contributed by atoms with Crippen molar-refractivity contribution in [3.05, 3.63) is 34.3 Å². The van der Waals surface area contributed by atoms with E-state index in [1.54, 1.807) is 0 Å². The molecule has 0 aromatic heterocycles. The summed E-state index contributed by atoms with van der Waals surface area (Å²) in [5.41, 5.74) is 1.21. The molecule has 1 aliphatic rings. The first-order chi connectivity index (χ1) is 10.1. The summed E-state index contributed by atoms with van der Waals surface area (Å²) in [6.45, 7) is 0.639. The number of nitrogens with one attached hydrogen (secondary N) is 1. The normalized spacial score (nSPS) is 20.0. The van der Waals surface area contributed by atoms with Gasteiger partial charge in [0, 0.05) is 23.4 Å². The molecule has 0 aliphatic heterocycles. The first-order valence-corrected chi connectivity index (χ1v) is 8.12. The Morgan fingerprint density at radius 2 is 2.10 bits per heavy atom. The lowest BCUT2D eigenvalue weighted by molar-refractivity contribution is -0.137. The number of hydrogen-bond donors (Lipinski definition) is 2. The minimum absolute atomic E-state index is 0.0957. The zero-order chi connectivity index (χ0) is 15.2. The second-order valence-corrected chi connectivity index (χ2v) is 6.41. The van der Waals surface area contributed by atoms with Crippen molar-refractivity contribution in [3.8, 4) is 0 Å². The maximum absolute atomic E-state index is 12.0. The zero-order valence-corrected chi connectivity index (χ0v) is 13.4. The van der Waals surface area contributed by atoms with Crippen molar-refractivity contribution in [3.63, 3.8) is 0 Å². The number of rotatable bonds is 8. The molecular weight excluding hydrogens is 334 g/mol. The molecule has 2 rings (SSSR count). The summed E-state index contributed by atoms with van der Waals surface area (Å²) in [6, 6.07) is 8.12. The van der Waals surface area contributed by atoms with Crippen LogP contribution in [0.15, 0.2) is 28.7 Å². The molecule has 0 bridgehead atoms. The lowest BCUT2D eigenvalue weighted by Gasteiger charge is -2.05. The largest absolute Gasteiger partial charge is 0.481 e. The Hall–Kier alpha value is -1.36. The highest BCUT2D eigenvalue weighted by molar-refractivity contribution is 9.10. The Balaban J connectivity index is 1.64. The molecule has 2 unspecified atom stereocenters. The molecule has 1 aromatic rings. The highest BCUT2D eigenvalue weighted by Gasteiger charge is 2.43. The van der Waals surface area contributed by atoms with Gasteiger partial charge in [-0.05, 0) is 42.9 Å². The van der Waals surface area contributed by atoms with Gasteiger partial charge in [-0.1, -0.05) is 34.5 Å². The van der Waals surface area contributed by atoms with Crippen LogP contribution >= 0.6 is 15.9 Å². The Bertz CT molecular complexity index is 518. The van der Waals surface area contributed by atoms with E-state index in [0.717, 1.165) is 23.7 Å². The summed E-state index contributed by atoms with van der Waals surface area (Å²) in [7, 11) is 0. The molecule has 1 amide bonds. The highest BCUT2D eigenvalue weighted by atomic mass is 79.9. The van der Waals surface area contributed by atoms with E-state index in [4.69, 9.17) is 5.11 Å². The average molecular weight is 354 g/mol. The lowest BCUT2D eigenvalue weighted by Crippen LogP contribution is -2.26. The molecule has 21 heavy (non-hydrogen) atoms. The van der Waals surface area contributed by atoms with E-state index in [-0.39, 0.29) is 18.2 Å². The number of carbonyl (C=O) groups is 2. The number of aliphatic carboxylic acids is 1. The predicted molar refractivity (Wildman–Crippen MR) is 84.1 cm³/mol. The number of carboxylic acid groups (broad SMARTS) is 1. The molecular formula is C16H20BrNO3. The number of carbonyl (C=O) groups excluding carboxylic acids is 1. The minimum atomic E-state index is -0.756. The van der Waals surface area contributed by atoms with Crippen LogP contribution in [0.3, 0.4) is 0 Å². The lowest BCUT2D eigenvalue weighted by atomic mass is 10.1. The van der Waals surface area contributed by atoms with Crippen LogP contribution in [-0.4, -0.2) is 23.5 Å². The molecule has 1 aliphatic carbocycles. The number of unbranched alkanes of at least 4 members (excludes halogenated alkanes) is 2. The summed E-state index contributed by atoms with van der Waals surface area (Å²) < 4.78 is 1.05. The molecule has 4 nitrogen and oxygen atoms in total. The summed E-state index contributed by atoms with van der Waals surface area (Å²) >= 11 is 3.45. The number of halogens is 1. The zero-order valence-electron chi connectivity index (χ0n) is 11.8. The molecule has 0 radical (unpaired) electrons. The topological polar surface area (TPSA) is 66.4 Å². The van der Waals surface area contributed by atoms with E-state index in [2.05, 4.69) is 33.4 Å². The molecule has 0 spiro atoms. The quantitative estimate of drug-likeness (QED) is 0.704. The summed E-state index contributed by atoms with van der Waals surface area (Å²) in [5, 5.41) is 11.5. The Labute approximate surface area is 133 Å². The second-order valence-electron chi connectivity index (χ2n) is 5.50. The van der Waals surface area contributed by atoms with Crippen LogP contribution in [0.4, 0.5) is 0 Å². The molecule has 1 aromatic carbocycles. The molecule has 1 saturated carbocycles. The summed E-state index contributed by atoms with van der Waals surface area (Å²) in [5.74, 6) is -0.195. The van der Waals surface area contributed by atoms with Gasteiger partial charge in [0.2, 0.25) is 5.91 Å². The molecule has 2 N–H and O–H groups in total. The van der Waals surface area contributed by atoms with Crippen molar-refractivity contribution in [1.29, 1.82) is 0 Å². The van der Waals surface area contributed by atoms with E-state index in [0.29, 0.717) is 18.9 Å². The summed E-state index contributed by atoms with van der Waals surface area (Å²) in [6.07, 6.45) is 3.48. The third kappa shape index (κ3) is 5.16. The average Bonchev–Trinajstić information content (AvgIpc) is 3.22. The van der Waals surface area contributed by atoms with Gasteiger partial charge in [-0.3, -0.25) is 9.59 Å². The van der Waals surface area contributed by atoms with E-state index in [1.807, 2.05) is 12.1 Å². The maximum Gasteiger partial charge on any atom is 0.303 e. The Morgan fingerprint density at radius 3 is 2.81 bits per heavy atom. The first-order valence-electron chi connectivity index (χ1n) is 7.33. The van der Waals surface area contributed by atoms with E-state index < -0.39 is 5.97 Å². The van der Waals surface area contributed by atoms with Gasteiger partial charge in [0.05, 0.1) is 0 Å². The van der Waals surface area contributed by atoms with Crippen LogP contribution in [0.25, 0.3) is 0 Å². The third-order valence-corrected chi connectivity index (χ3v) is 4.26. The van der Waals surface area contributed by atoms with Crippen molar-refractivity contribution in [1.82, 2.24) is 5.32 Å². The number of hydrogen-bond acceptors (Lipinski definition) is 2. The van der Waals surface area contributed by atoms with Crippen LogP contribution < -0.4 is 5.32 Å². The van der Waals surface area contributed by atoms with Gasteiger partial charge in [0.25, 0.3) is 0 Å². The highest BCUT2D eigenvalue weighted by Crippen LogP contribution is 2.47. The van der Waals surface area contributed by atoms with Crippen LogP contribution in [0.2, 0.25) is 0 Å². The molecule has 0 heterocycles. The minimum Gasteiger partial charge on any atom is -0.481 e. The van der Waals surface area contributed by atoms with Gasteiger partial charge in [-0.25, -0.2) is 0 Å². The van der Waals surface area contributed by atoms with Crippen molar-refractivity contribution in [2.24, 2.45) is 5.92 Å². The first kappa shape index (κ1) is 16.0. The predicted octanol–water partition coefficient (Wildman–Crippen LogP) is 3.31. The molecule has 0 saturated heterocycles. The molecule has 1 fully saturated rings. The SMILES string of the molecule is O=C(O)CCCCCNC(=O)C1CC1c1cccc(Br)c1. The Morgan fingerprint density at radius 1 is 1.29 bits per heavy atom. The number of amides is 1. The van der Waals surface area contributed by atoms with Crippen molar-refractivity contribution >= 4 is 27.8 Å². The van der Waals surface area contributed by atoms with Gasteiger partial charge < -0.3 is 10.4 Å². The van der Waals surface area contributed by atoms with Crippen LogP contribution in [0.1, 0.15) is 43.6 Å². The van der Waals surface area contributed by atoms with Crippen LogP contribution in [0, 0.1) is 5.92 Å². The summed E-state index contributed by atoms with van der Waals surface area (Å²) in [4.78, 5) is 22.4. The fourth-order valence-corrected chi connectivity index (χ4v) is 2.93. The van der Waals surface area contributed by atoms with Gasteiger partial charge in [0.15, 0.2) is 0 Å². The van der Waals surface area contributed by atoms with Gasteiger partial charge in [0.1, 0.15) is 0 Å². The monoisotopic (exact) mass is 353 g/mol. The maximum atomic E-state index is 12.0. The molecule has 5 heteroatoms. The van der Waals surface area contributed by atoms with Crippen molar-refractivity contribution < 1.29 is 14.7 Å². The van der Waals surface area contributed by atoms with Crippen LogP contribution in [0.5, 0.6) is 0 Å². The van der Waals surface area contributed by atoms with Crippen molar-refractivity contribution in [2.75, 3.05) is 6.54 Å². The van der Waals surface area contributed by atoms with E-state index >= 15 is 0 Å². The number of benzene rings is 1. The van der Waals surface area contributed by atoms with Gasteiger partial charge >= 0.3 is 5.97 Å². The van der Waals surface area contributed by atoms with Gasteiger partial charge in [-0.15, -0.1) is 0 Å². The fourth-order valence-electron chi connectivity index (χ4n) is 2.51. The van der Waals surface area contributed by atoms with Crippen LogP contribution in [-0.2, 0) is 9.59 Å². The molecule has 2 atom stereocenters. The Kier molecular flexibility index (Phi) is 5.79.